The molecule has 2 heterocycles. The van der Waals surface area contributed by atoms with Gasteiger partial charge < -0.3 is 23.7 Å². The molecular formula is C21H19NO9S. The molecule has 1 saturated heterocycles. The quantitative estimate of drug-likeness (QED) is 0.462. The standard InChI is InChI=1S/C21H19NO9S/c1-11(20(26)29-3)22-18(23)17(32-21(22)27)9-12-4-6-14(16(8-12)28-2)30-10-13-5-7-15(31-13)19(24)25/h4-9,11H,10H2,1-3H3,(H,24,25)/b17-9+/t11-/m1/s1. The number of ether oxygens (including phenoxy) is 3. The molecule has 1 fully saturated rings. The third-order valence-electron chi connectivity index (χ3n) is 4.48. The molecule has 1 aromatic heterocycles. The number of nitrogens with zero attached hydrogens (tertiary/aromatic N) is 1. The van der Waals surface area contributed by atoms with E-state index in [0.29, 0.717) is 22.8 Å². The topological polar surface area (TPSA) is 133 Å². The average Bonchev–Trinajstić information content (AvgIpc) is 3.36. The van der Waals surface area contributed by atoms with E-state index >= 15 is 0 Å². The second-order valence-corrected chi connectivity index (χ2v) is 7.51. The second-order valence-electron chi connectivity index (χ2n) is 6.52. The van der Waals surface area contributed by atoms with Crippen LogP contribution >= 0.6 is 11.8 Å². The Morgan fingerprint density at radius 1 is 1.19 bits per heavy atom. The van der Waals surface area contributed by atoms with E-state index in [1.165, 1.54) is 39.4 Å². The van der Waals surface area contributed by atoms with E-state index < -0.39 is 29.1 Å². The van der Waals surface area contributed by atoms with Crippen molar-refractivity contribution in [2.45, 2.75) is 19.6 Å². The van der Waals surface area contributed by atoms with Gasteiger partial charge in [0.1, 0.15) is 18.4 Å². The number of methoxy groups -OCH3 is 2. The molecule has 32 heavy (non-hydrogen) atoms. The van der Waals surface area contributed by atoms with Gasteiger partial charge in [0.05, 0.1) is 19.1 Å². The monoisotopic (exact) mass is 461 g/mol. The van der Waals surface area contributed by atoms with Gasteiger partial charge in [-0.25, -0.2) is 9.59 Å². The zero-order chi connectivity index (χ0) is 23.4. The van der Waals surface area contributed by atoms with Crippen LogP contribution in [0.15, 0.2) is 39.7 Å². The Morgan fingerprint density at radius 2 is 1.94 bits per heavy atom. The number of thioether (sulfide) groups is 1. The Morgan fingerprint density at radius 3 is 2.56 bits per heavy atom. The highest BCUT2D eigenvalue weighted by atomic mass is 32.2. The van der Waals surface area contributed by atoms with Crippen LogP contribution in [-0.2, 0) is 20.9 Å². The molecule has 1 aliphatic rings. The smallest absolute Gasteiger partial charge is 0.371 e. The van der Waals surface area contributed by atoms with Crippen LogP contribution in [-0.4, -0.2) is 53.4 Å². The highest BCUT2D eigenvalue weighted by molar-refractivity contribution is 8.18. The number of hydrogen-bond donors (Lipinski definition) is 1. The molecule has 2 aromatic rings. The largest absolute Gasteiger partial charge is 0.493 e. The van der Waals surface area contributed by atoms with Gasteiger partial charge in [-0.1, -0.05) is 6.07 Å². The number of amides is 2. The molecule has 0 radical (unpaired) electrons. The van der Waals surface area contributed by atoms with E-state index in [1.807, 2.05) is 0 Å². The second kappa shape index (κ2) is 9.60. The Balaban J connectivity index is 1.76. The first-order valence-electron chi connectivity index (χ1n) is 9.23. The van der Waals surface area contributed by atoms with E-state index in [0.717, 1.165) is 16.7 Å². The number of carboxylic acids is 1. The summed E-state index contributed by atoms with van der Waals surface area (Å²) >= 11 is 0.721. The molecule has 0 unspecified atom stereocenters. The number of aromatic carboxylic acids is 1. The zero-order valence-corrected chi connectivity index (χ0v) is 18.1. The van der Waals surface area contributed by atoms with Crippen LogP contribution in [0.2, 0.25) is 0 Å². The highest BCUT2D eigenvalue weighted by Gasteiger charge is 2.41. The lowest BCUT2D eigenvalue weighted by Gasteiger charge is -2.18. The predicted molar refractivity (Wildman–Crippen MR) is 112 cm³/mol. The SMILES string of the molecule is COC(=O)[C@@H](C)N1C(=O)S/C(=C/c2ccc(OCc3ccc(C(=O)O)o3)c(OC)c2)C1=O. The summed E-state index contributed by atoms with van der Waals surface area (Å²) < 4.78 is 20.7. The normalized spacial score (nSPS) is 15.7. The fourth-order valence-electron chi connectivity index (χ4n) is 2.85. The van der Waals surface area contributed by atoms with E-state index in [9.17, 15) is 19.2 Å². The van der Waals surface area contributed by atoms with Crippen LogP contribution in [0.1, 0.15) is 28.8 Å². The summed E-state index contributed by atoms with van der Waals surface area (Å²) in [4.78, 5) is 48.4. The van der Waals surface area contributed by atoms with Crippen LogP contribution < -0.4 is 9.47 Å². The maximum Gasteiger partial charge on any atom is 0.371 e. The maximum atomic E-state index is 12.6. The fraction of sp³-hybridized carbons (Fsp3) is 0.238. The van der Waals surface area contributed by atoms with Crippen molar-refractivity contribution in [3.8, 4) is 11.5 Å². The van der Waals surface area contributed by atoms with Gasteiger partial charge in [-0.05, 0) is 54.6 Å². The van der Waals surface area contributed by atoms with Gasteiger partial charge in [-0.3, -0.25) is 14.5 Å². The third-order valence-corrected chi connectivity index (χ3v) is 5.36. The summed E-state index contributed by atoms with van der Waals surface area (Å²) in [7, 11) is 2.62. The molecule has 1 atom stereocenters. The lowest BCUT2D eigenvalue weighted by atomic mass is 10.1. The minimum atomic E-state index is -1.18. The average molecular weight is 461 g/mol. The van der Waals surface area contributed by atoms with Crippen LogP contribution in [0.3, 0.4) is 0 Å². The molecule has 1 aliphatic heterocycles. The molecule has 0 spiro atoms. The number of carbonyl (C=O) groups excluding carboxylic acids is 3. The van der Waals surface area contributed by atoms with E-state index in [4.69, 9.17) is 19.0 Å². The van der Waals surface area contributed by atoms with Crippen LogP contribution in [0, 0.1) is 0 Å². The number of rotatable bonds is 8. The minimum Gasteiger partial charge on any atom is -0.493 e. The summed E-state index contributed by atoms with van der Waals surface area (Å²) in [6, 6.07) is 6.66. The maximum absolute atomic E-state index is 12.6. The number of benzene rings is 1. The van der Waals surface area contributed by atoms with Crippen molar-refractivity contribution < 1.29 is 42.9 Å². The number of furan rings is 1. The number of carbonyl (C=O) groups is 4. The zero-order valence-electron chi connectivity index (χ0n) is 17.3. The Labute approximate surface area is 186 Å². The summed E-state index contributed by atoms with van der Waals surface area (Å²) in [5.41, 5.74) is 0.566. The molecule has 10 nitrogen and oxygen atoms in total. The number of esters is 1. The van der Waals surface area contributed by atoms with Crippen molar-refractivity contribution in [2.75, 3.05) is 14.2 Å². The summed E-state index contributed by atoms with van der Waals surface area (Å²) in [5, 5.41) is 8.34. The Kier molecular flexibility index (Phi) is 6.89. The van der Waals surface area contributed by atoms with E-state index in [1.54, 1.807) is 18.2 Å². The number of imide groups is 1. The van der Waals surface area contributed by atoms with Crippen molar-refractivity contribution in [3.63, 3.8) is 0 Å². The van der Waals surface area contributed by atoms with Gasteiger partial charge in [0.25, 0.3) is 11.1 Å². The van der Waals surface area contributed by atoms with Gasteiger partial charge >= 0.3 is 11.9 Å². The van der Waals surface area contributed by atoms with Gasteiger partial charge in [0, 0.05) is 0 Å². The molecule has 11 heteroatoms. The van der Waals surface area contributed by atoms with Crippen molar-refractivity contribution in [1.82, 2.24) is 4.90 Å². The Hall–Kier alpha value is -3.73. The molecule has 0 bridgehead atoms. The Bertz CT molecular complexity index is 1100. The molecule has 2 amide bonds. The molecule has 1 aromatic carbocycles. The number of carboxylic acid groups (broad SMARTS) is 1. The first-order valence-corrected chi connectivity index (χ1v) is 10.0. The molecule has 3 rings (SSSR count). The summed E-state index contributed by atoms with van der Waals surface area (Å²) in [6.07, 6.45) is 1.51. The van der Waals surface area contributed by atoms with Crippen molar-refractivity contribution in [1.29, 1.82) is 0 Å². The van der Waals surface area contributed by atoms with E-state index in [-0.39, 0.29) is 17.3 Å². The summed E-state index contributed by atoms with van der Waals surface area (Å²) in [5.74, 6) is -1.61. The van der Waals surface area contributed by atoms with E-state index in [2.05, 4.69) is 4.74 Å². The highest BCUT2D eigenvalue weighted by Crippen LogP contribution is 2.35. The summed E-state index contributed by atoms with van der Waals surface area (Å²) in [6.45, 7) is 1.39. The lowest BCUT2D eigenvalue weighted by molar-refractivity contribution is -0.148. The van der Waals surface area contributed by atoms with Gasteiger partial charge in [-0.2, -0.15) is 0 Å². The van der Waals surface area contributed by atoms with Crippen LogP contribution in [0.25, 0.3) is 6.08 Å². The first kappa shape index (κ1) is 22.9. The molecule has 168 valence electrons. The van der Waals surface area contributed by atoms with Crippen LogP contribution in [0.5, 0.6) is 11.5 Å². The fourth-order valence-corrected chi connectivity index (χ4v) is 3.76. The first-order chi connectivity index (χ1) is 15.2. The van der Waals surface area contributed by atoms with Crippen molar-refractivity contribution in [3.05, 3.63) is 52.3 Å². The van der Waals surface area contributed by atoms with Crippen molar-refractivity contribution in [2.24, 2.45) is 0 Å². The van der Waals surface area contributed by atoms with Gasteiger partial charge in [0.2, 0.25) is 5.76 Å². The molecular weight excluding hydrogens is 442 g/mol. The predicted octanol–water partition coefficient (Wildman–Crippen LogP) is 3.16. The third kappa shape index (κ3) is 4.78. The van der Waals surface area contributed by atoms with Gasteiger partial charge in [0.15, 0.2) is 11.5 Å². The molecule has 0 saturated carbocycles. The minimum absolute atomic E-state index is 0.0205. The lowest BCUT2D eigenvalue weighted by Crippen LogP contribution is -2.42. The number of hydrogen-bond acceptors (Lipinski definition) is 9. The molecule has 0 aliphatic carbocycles. The van der Waals surface area contributed by atoms with Gasteiger partial charge in [-0.15, -0.1) is 0 Å². The van der Waals surface area contributed by atoms with Crippen LogP contribution in [0.4, 0.5) is 4.79 Å². The molecule has 1 N–H and O–H groups in total. The van der Waals surface area contributed by atoms with Crippen molar-refractivity contribution >= 4 is 40.9 Å².